The van der Waals surface area contributed by atoms with Gasteiger partial charge >= 0.3 is 0 Å². The maximum absolute atomic E-state index is 6.25. The molecule has 0 aliphatic rings. The molecule has 2 heterocycles. The summed E-state index contributed by atoms with van der Waals surface area (Å²) in [6.45, 7) is 0. The van der Waals surface area contributed by atoms with Crippen LogP contribution in [0.15, 0.2) is 24.4 Å². The van der Waals surface area contributed by atoms with Crippen LogP contribution in [0.4, 0.5) is 0 Å². The van der Waals surface area contributed by atoms with Crippen LogP contribution in [0.5, 0.6) is 0 Å². The van der Waals surface area contributed by atoms with E-state index in [0.717, 1.165) is 16.7 Å². The lowest BCUT2D eigenvalue weighted by atomic mass is 10.3. The first kappa shape index (κ1) is 12.2. The van der Waals surface area contributed by atoms with Crippen LogP contribution in [0.2, 0.25) is 5.02 Å². The number of rotatable bonds is 2. The molecule has 0 atom stereocenters. The maximum Gasteiger partial charge on any atom is 0.150 e. The predicted molar refractivity (Wildman–Crippen MR) is 75.8 cm³/mol. The van der Waals surface area contributed by atoms with E-state index in [-0.39, 0.29) is 0 Å². The summed E-state index contributed by atoms with van der Waals surface area (Å²) in [7, 11) is 1.79. The minimum absolute atomic E-state index is 0.484. The Morgan fingerprint density at radius 3 is 3.00 bits per heavy atom. The molecule has 0 saturated heterocycles. The average molecular weight is 294 g/mol. The molecule has 5 nitrogen and oxygen atoms in total. The average Bonchev–Trinajstić information content (AvgIpc) is 2.96. The highest BCUT2D eigenvalue weighted by atomic mass is 35.5. The Bertz CT molecular complexity index is 771. The van der Waals surface area contributed by atoms with Gasteiger partial charge in [-0.15, -0.1) is 5.10 Å². The molecule has 0 aliphatic heterocycles. The van der Waals surface area contributed by atoms with Crippen LogP contribution in [0.1, 0.15) is 11.5 Å². The van der Waals surface area contributed by atoms with Crippen molar-refractivity contribution >= 4 is 45.3 Å². The monoisotopic (exact) mass is 293 g/mol. The number of nitrogens with one attached hydrogen (secondary N) is 1. The summed E-state index contributed by atoms with van der Waals surface area (Å²) < 4.78 is 1.63. The number of nitrogens with zero attached hydrogens (tertiary/aromatic N) is 4. The first-order valence-corrected chi connectivity index (χ1v) is 6.26. The molecule has 19 heavy (non-hydrogen) atoms. The number of benzene rings is 1. The van der Waals surface area contributed by atoms with Crippen LogP contribution >= 0.6 is 23.2 Å². The Morgan fingerprint density at radius 1 is 1.42 bits per heavy atom. The summed E-state index contributed by atoms with van der Waals surface area (Å²) >= 11 is 12.2. The maximum atomic E-state index is 6.25. The van der Waals surface area contributed by atoms with E-state index in [1.807, 2.05) is 12.1 Å². The fourth-order valence-electron chi connectivity index (χ4n) is 1.72. The van der Waals surface area contributed by atoms with Crippen LogP contribution in [0, 0.1) is 0 Å². The fourth-order valence-corrected chi connectivity index (χ4v) is 2.09. The summed E-state index contributed by atoms with van der Waals surface area (Å²) in [5, 5.41) is 8.75. The predicted octanol–water partition coefficient (Wildman–Crippen LogP) is 3.08. The number of hydrogen-bond acceptors (Lipinski definition) is 3. The highest BCUT2D eigenvalue weighted by Gasteiger charge is 2.07. The lowest BCUT2D eigenvalue weighted by molar-refractivity contribution is 0.709. The second-order valence-electron chi connectivity index (χ2n) is 4.02. The summed E-state index contributed by atoms with van der Waals surface area (Å²) in [5.74, 6) is 0.583. The molecule has 1 N–H and O–H groups in total. The Kier molecular flexibility index (Phi) is 3.00. The summed E-state index contributed by atoms with van der Waals surface area (Å²) in [6.07, 6.45) is 3.38. The zero-order valence-corrected chi connectivity index (χ0v) is 11.4. The smallest absolute Gasteiger partial charge is 0.150 e. The Balaban J connectivity index is 2.04. The van der Waals surface area contributed by atoms with Crippen LogP contribution in [-0.2, 0) is 7.05 Å². The largest absolute Gasteiger partial charge is 0.337 e. The van der Waals surface area contributed by atoms with Gasteiger partial charge in [0.25, 0.3) is 0 Å². The molecule has 0 amide bonds. The third-order valence-corrected chi connectivity index (χ3v) is 3.22. The number of H-pyrrole nitrogens is 1. The van der Waals surface area contributed by atoms with E-state index in [0.29, 0.717) is 15.9 Å². The number of hydrogen-bond donors (Lipinski definition) is 1. The van der Waals surface area contributed by atoms with Crippen LogP contribution < -0.4 is 0 Å². The minimum Gasteiger partial charge on any atom is -0.337 e. The molecule has 0 saturated carbocycles. The SMILES string of the molecule is Cn1nncc1/C=C(\Cl)c1nc2ccc(Cl)cc2[nH]1. The first-order valence-electron chi connectivity index (χ1n) is 5.51. The van der Waals surface area contributed by atoms with Crippen molar-refractivity contribution in [3.63, 3.8) is 0 Å². The van der Waals surface area contributed by atoms with Gasteiger partial charge in [0, 0.05) is 12.1 Å². The van der Waals surface area contributed by atoms with Crippen LogP contribution in [0.25, 0.3) is 22.1 Å². The van der Waals surface area contributed by atoms with Gasteiger partial charge in [0.2, 0.25) is 0 Å². The lowest BCUT2D eigenvalue weighted by Gasteiger charge is -1.94. The van der Waals surface area contributed by atoms with Crippen molar-refractivity contribution in [2.45, 2.75) is 0 Å². The lowest BCUT2D eigenvalue weighted by Crippen LogP contribution is -1.93. The van der Waals surface area contributed by atoms with Crippen LogP contribution in [0.3, 0.4) is 0 Å². The molecular weight excluding hydrogens is 285 g/mol. The number of aryl methyl sites for hydroxylation is 1. The van der Waals surface area contributed by atoms with E-state index < -0.39 is 0 Å². The number of halogens is 2. The van der Waals surface area contributed by atoms with Gasteiger partial charge in [-0.25, -0.2) is 9.67 Å². The van der Waals surface area contributed by atoms with Crippen LogP contribution in [-0.4, -0.2) is 25.0 Å². The zero-order chi connectivity index (χ0) is 13.4. The van der Waals surface area contributed by atoms with Crippen molar-refractivity contribution in [2.24, 2.45) is 7.05 Å². The summed E-state index contributed by atoms with van der Waals surface area (Å²) in [5.41, 5.74) is 2.45. The van der Waals surface area contributed by atoms with Crippen molar-refractivity contribution < 1.29 is 0 Å². The van der Waals surface area contributed by atoms with Crippen molar-refractivity contribution in [3.8, 4) is 0 Å². The zero-order valence-electron chi connectivity index (χ0n) is 9.93. The fraction of sp³-hybridized carbons (Fsp3) is 0.0833. The third-order valence-electron chi connectivity index (χ3n) is 2.69. The van der Waals surface area contributed by atoms with Gasteiger partial charge in [0.15, 0.2) is 0 Å². The molecular formula is C12H9Cl2N5. The molecule has 2 aromatic heterocycles. The summed E-state index contributed by atoms with van der Waals surface area (Å²) in [6, 6.07) is 5.44. The topological polar surface area (TPSA) is 59.4 Å². The second-order valence-corrected chi connectivity index (χ2v) is 4.87. The molecule has 96 valence electrons. The minimum atomic E-state index is 0.484. The Labute approximate surface area is 118 Å². The first-order chi connectivity index (χ1) is 9.13. The number of imidazole rings is 1. The molecule has 0 fully saturated rings. The van der Waals surface area contributed by atoms with Crippen molar-refractivity contribution in [2.75, 3.05) is 0 Å². The van der Waals surface area contributed by atoms with Gasteiger partial charge in [-0.1, -0.05) is 28.4 Å². The Morgan fingerprint density at radius 2 is 2.26 bits per heavy atom. The second kappa shape index (κ2) is 4.68. The third kappa shape index (κ3) is 2.34. The molecule has 7 heteroatoms. The van der Waals surface area contributed by atoms with E-state index in [1.54, 1.807) is 30.1 Å². The number of aromatic nitrogens is 5. The van der Waals surface area contributed by atoms with E-state index in [4.69, 9.17) is 23.2 Å². The van der Waals surface area contributed by atoms with Gasteiger partial charge in [0.1, 0.15) is 5.82 Å². The van der Waals surface area contributed by atoms with E-state index in [1.165, 1.54) is 0 Å². The van der Waals surface area contributed by atoms with Gasteiger partial charge in [-0.05, 0) is 24.3 Å². The quantitative estimate of drug-likeness (QED) is 0.790. The van der Waals surface area contributed by atoms with E-state index in [2.05, 4.69) is 20.3 Å². The molecule has 0 aliphatic carbocycles. The number of aromatic amines is 1. The molecule has 1 aromatic carbocycles. The highest BCUT2D eigenvalue weighted by Crippen LogP contribution is 2.23. The standard InChI is InChI=1S/C12H9Cl2N5/c1-19-8(6-15-18-19)5-9(14)12-16-10-3-2-7(13)4-11(10)17-12/h2-6H,1H3,(H,16,17)/b9-5-. The molecule has 3 aromatic rings. The van der Waals surface area contributed by atoms with E-state index in [9.17, 15) is 0 Å². The molecule has 0 spiro atoms. The van der Waals surface area contributed by atoms with Gasteiger partial charge < -0.3 is 4.98 Å². The Hall–Kier alpha value is -1.85. The summed E-state index contributed by atoms with van der Waals surface area (Å²) in [4.78, 5) is 7.52. The van der Waals surface area contributed by atoms with Crippen molar-refractivity contribution in [1.29, 1.82) is 0 Å². The molecule has 0 bridgehead atoms. The van der Waals surface area contributed by atoms with Gasteiger partial charge in [-0.3, -0.25) is 0 Å². The van der Waals surface area contributed by atoms with Crippen molar-refractivity contribution in [1.82, 2.24) is 25.0 Å². The molecule has 0 radical (unpaired) electrons. The number of fused-ring (bicyclic) bond motifs is 1. The van der Waals surface area contributed by atoms with Crippen molar-refractivity contribution in [3.05, 3.63) is 40.9 Å². The van der Waals surface area contributed by atoms with Gasteiger partial charge in [0.05, 0.1) is 28.0 Å². The van der Waals surface area contributed by atoms with E-state index >= 15 is 0 Å². The normalized spacial score (nSPS) is 12.3. The highest BCUT2D eigenvalue weighted by molar-refractivity contribution is 6.50. The van der Waals surface area contributed by atoms with Gasteiger partial charge in [-0.2, -0.15) is 0 Å². The molecule has 3 rings (SSSR count). The molecule has 0 unspecified atom stereocenters.